The van der Waals surface area contributed by atoms with Crippen molar-refractivity contribution >= 4 is 23.2 Å². The van der Waals surface area contributed by atoms with Crippen LogP contribution < -0.4 is 10.6 Å². The predicted molar refractivity (Wildman–Crippen MR) is 66.5 cm³/mol. The SMILES string of the molecule is CC(C)N(CC(F)(F)F)c1nccc(C(N)=S)n1. The van der Waals surface area contributed by atoms with Crippen molar-refractivity contribution in [2.75, 3.05) is 11.4 Å². The van der Waals surface area contributed by atoms with Crippen molar-refractivity contribution in [1.29, 1.82) is 0 Å². The van der Waals surface area contributed by atoms with E-state index in [1.54, 1.807) is 13.8 Å². The second-order valence-electron chi connectivity index (χ2n) is 3.94. The molecule has 4 nitrogen and oxygen atoms in total. The van der Waals surface area contributed by atoms with E-state index in [2.05, 4.69) is 9.97 Å². The largest absolute Gasteiger partial charge is 0.406 e. The summed E-state index contributed by atoms with van der Waals surface area (Å²) in [5, 5.41) is 0. The molecule has 0 aliphatic heterocycles. The topological polar surface area (TPSA) is 55.0 Å². The summed E-state index contributed by atoms with van der Waals surface area (Å²) >= 11 is 4.73. The van der Waals surface area contributed by atoms with Crippen LogP contribution in [0.25, 0.3) is 0 Å². The Balaban J connectivity index is 3.06. The van der Waals surface area contributed by atoms with Gasteiger partial charge in [-0.3, -0.25) is 0 Å². The monoisotopic (exact) mass is 278 g/mol. The van der Waals surface area contributed by atoms with Crippen LogP contribution in [0.1, 0.15) is 19.5 Å². The Bertz CT molecular complexity index is 433. The summed E-state index contributed by atoms with van der Waals surface area (Å²) in [6.45, 7) is 2.14. The van der Waals surface area contributed by atoms with Gasteiger partial charge in [-0.2, -0.15) is 13.2 Å². The zero-order chi connectivity index (χ0) is 13.9. The molecule has 0 aromatic carbocycles. The van der Waals surface area contributed by atoms with Gasteiger partial charge in [-0.25, -0.2) is 9.97 Å². The summed E-state index contributed by atoms with van der Waals surface area (Å²) in [7, 11) is 0. The summed E-state index contributed by atoms with van der Waals surface area (Å²) in [5.74, 6) is -0.0346. The van der Waals surface area contributed by atoms with E-state index in [4.69, 9.17) is 18.0 Å². The zero-order valence-electron chi connectivity index (χ0n) is 9.90. The summed E-state index contributed by atoms with van der Waals surface area (Å²) < 4.78 is 37.4. The molecule has 0 fully saturated rings. The second-order valence-corrected chi connectivity index (χ2v) is 4.38. The van der Waals surface area contributed by atoms with Crippen molar-refractivity contribution in [3.8, 4) is 0 Å². The first-order valence-electron chi connectivity index (χ1n) is 5.17. The zero-order valence-corrected chi connectivity index (χ0v) is 10.7. The molecule has 8 heteroatoms. The lowest BCUT2D eigenvalue weighted by Crippen LogP contribution is -2.40. The third-order valence-corrected chi connectivity index (χ3v) is 2.33. The minimum atomic E-state index is -4.33. The highest BCUT2D eigenvalue weighted by Gasteiger charge is 2.33. The molecule has 0 spiro atoms. The minimum absolute atomic E-state index is 0.0226. The molecular formula is C10H13F3N4S. The highest BCUT2D eigenvalue weighted by atomic mass is 32.1. The van der Waals surface area contributed by atoms with E-state index in [9.17, 15) is 13.2 Å². The van der Waals surface area contributed by atoms with Crippen LogP contribution in [0, 0.1) is 0 Å². The first-order chi connectivity index (χ1) is 8.20. The van der Waals surface area contributed by atoms with Crippen molar-refractivity contribution in [3.05, 3.63) is 18.0 Å². The maximum absolute atomic E-state index is 12.5. The maximum Gasteiger partial charge on any atom is 0.406 e. The highest BCUT2D eigenvalue weighted by Crippen LogP contribution is 2.21. The lowest BCUT2D eigenvalue weighted by molar-refractivity contribution is -0.120. The van der Waals surface area contributed by atoms with Crippen molar-refractivity contribution in [1.82, 2.24) is 9.97 Å². The number of hydrogen-bond donors (Lipinski definition) is 1. The summed E-state index contributed by atoms with van der Waals surface area (Å²) in [6, 6.07) is 1.06. The molecule has 0 aliphatic carbocycles. The van der Waals surface area contributed by atoms with Gasteiger partial charge in [0.05, 0.1) is 0 Å². The number of halogens is 3. The highest BCUT2D eigenvalue weighted by molar-refractivity contribution is 7.80. The Morgan fingerprint density at radius 1 is 1.50 bits per heavy atom. The fraction of sp³-hybridized carbons (Fsp3) is 0.500. The van der Waals surface area contributed by atoms with E-state index in [0.29, 0.717) is 0 Å². The molecule has 1 aromatic heterocycles. The Labute approximate surface area is 108 Å². The van der Waals surface area contributed by atoms with Crippen molar-refractivity contribution in [2.45, 2.75) is 26.1 Å². The smallest absolute Gasteiger partial charge is 0.388 e. The second kappa shape index (κ2) is 5.47. The van der Waals surface area contributed by atoms with Crippen LogP contribution in [-0.2, 0) is 0 Å². The van der Waals surface area contributed by atoms with Gasteiger partial charge in [-0.1, -0.05) is 12.2 Å². The van der Waals surface area contributed by atoms with Gasteiger partial charge in [-0.05, 0) is 19.9 Å². The number of nitrogens with two attached hydrogens (primary N) is 1. The first kappa shape index (κ1) is 14.6. The lowest BCUT2D eigenvalue weighted by Gasteiger charge is -2.27. The van der Waals surface area contributed by atoms with E-state index in [-0.39, 0.29) is 16.6 Å². The van der Waals surface area contributed by atoms with Crippen LogP contribution in [0.5, 0.6) is 0 Å². The number of anilines is 1. The quantitative estimate of drug-likeness (QED) is 0.852. The average molecular weight is 278 g/mol. The summed E-state index contributed by atoms with van der Waals surface area (Å²) in [4.78, 5) is 8.82. The van der Waals surface area contributed by atoms with Gasteiger partial charge in [0.2, 0.25) is 5.95 Å². The number of thiocarbonyl (C=S) groups is 1. The molecule has 1 heterocycles. The van der Waals surface area contributed by atoms with Crippen LogP contribution in [-0.4, -0.2) is 33.7 Å². The first-order valence-corrected chi connectivity index (χ1v) is 5.58. The maximum atomic E-state index is 12.5. The molecule has 1 rings (SSSR count). The molecule has 18 heavy (non-hydrogen) atoms. The van der Waals surface area contributed by atoms with Gasteiger partial charge in [0.1, 0.15) is 17.2 Å². The average Bonchev–Trinajstić information content (AvgIpc) is 2.24. The fourth-order valence-corrected chi connectivity index (χ4v) is 1.42. The van der Waals surface area contributed by atoms with E-state index in [1.165, 1.54) is 12.3 Å². The van der Waals surface area contributed by atoms with Gasteiger partial charge in [0, 0.05) is 12.2 Å². The number of nitrogens with zero attached hydrogens (tertiary/aromatic N) is 3. The fourth-order valence-electron chi connectivity index (χ4n) is 1.30. The van der Waals surface area contributed by atoms with E-state index in [0.717, 1.165) is 4.90 Å². The van der Waals surface area contributed by atoms with Crippen LogP contribution in [0.4, 0.5) is 19.1 Å². The van der Waals surface area contributed by atoms with Gasteiger partial charge in [0.25, 0.3) is 0 Å². The molecule has 0 radical (unpaired) electrons. The van der Waals surface area contributed by atoms with Crippen LogP contribution in [0.2, 0.25) is 0 Å². The van der Waals surface area contributed by atoms with Gasteiger partial charge in [0.15, 0.2) is 0 Å². The standard InChI is InChI=1S/C10H13F3N4S/c1-6(2)17(5-10(11,12)13)9-15-4-3-7(16-9)8(14)18/h3-4,6H,5H2,1-2H3,(H2,14,18). The third kappa shape index (κ3) is 4.10. The molecule has 0 bridgehead atoms. The molecule has 0 saturated carbocycles. The Hall–Kier alpha value is -1.44. The van der Waals surface area contributed by atoms with Gasteiger partial charge in [-0.15, -0.1) is 0 Å². The molecule has 0 saturated heterocycles. The molecular weight excluding hydrogens is 265 g/mol. The number of hydrogen-bond acceptors (Lipinski definition) is 4. The molecule has 0 aliphatic rings. The summed E-state index contributed by atoms with van der Waals surface area (Å²) in [6.07, 6.45) is -2.99. The van der Waals surface area contributed by atoms with Gasteiger partial charge < -0.3 is 10.6 Å². The predicted octanol–water partition coefficient (Wildman–Crippen LogP) is 1.89. The Morgan fingerprint density at radius 2 is 2.11 bits per heavy atom. The number of alkyl halides is 3. The third-order valence-electron chi connectivity index (χ3n) is 2.13. The molecule has 1 aromatic rings. The van der Waals surface area contributed by atoms with E-state index in [1.807, 2.05) is 0 Å². The molecule has 0 amide bonds. The van der Waals surface area contributed by atoms with Crippen molar-refractivity contribution in [2.24, 2.45) is 5.73 Å². The van der Waals surface area contributed by atoms with E-state index < -0.39 is 18.8 Å². The summed E-state index contributed by atoms with van der Waals surface area (Å²) in [5.41, 5.74) is 5.64. The minimum Gasteiger partial charge on any atom is -0.388 e. The molecule has 2 N–H and O–H groups in total. The number of rotatable bonds is 4. The van der Waals surface area contributed by atoms with Crippen LogP contribution >= 0.6 is 12.2 Å². The number of aromatic nitrogens is 2. The Morgan fingerprint density at radius 3 is 2.56 bits per heavy atom. The van der Waals surface area contributed by atoms with Crippen LogP contribution in [0.15, 0.2) is 12.3 Å². The molecule has 0 atom stereocenters. The Kier molecular flexibility index (Phi) is 4.44. The molecule has 100 valence electrons. The lowest BCUT2D eigenvalue weighted by atomic mass is 10.3. The normalized spacial score (nSPS) is 11.7. The van der Waals surface area contributed by atoms with Crippen LogP contribution in [0.3, 0.4) is 0 Å². The van der Waals surface area contributed by atoms with Gasteiger partial charge >= 0.3 is 6.18 Å². The molecule has 0 unspecified atom stereocenters. The van der Waals surface area contributed by atoms with E-state index >= 15 is 0 Å². The van der Waals surface area contributed by atoms with Crippen molar-refractivity contribution < 1.29 is 13.2 Å². The van der Waals surface area contributed by atoms with Crippen molar-refractivity contribution in [3.63, 3.8) is 0 Å².